The Morgan fingerprint density at radius 2 is 1.85 bits per heavy atom. The first-order valence-electron chi connectivity index (χ1n) is 9.08. The Morgan fingerprint density at radius 1 is 1.11 bits per heavy atom. The van der Waals surface area contributed by atoms with Crippen LogP contribution in [-0.4, -0.2) is 22.1 Å². The van der Waals surface area contributed by atoms with Gasteiger partial charge in [-0.15, -0.1) is 11.8 Å². The Labute approximate surface area is 163 Å². The second-order valence-corrected chi connectivity index (χ2v) is 7.60. The van der Waals surface area contributed by atoms with Crippen molar-refractivity contribution in [3.63, 3.8) is 0 Å². The Hall–Kier alpha value is -2.73. The first-order valence-corrected chi connectivity index (χ1v) is 10.3. The number of para-hydroxylation sites is 1. The summed E-state index contributed by atoms with van der Waals surface area (Å²) < 4.78 is 1.80. The fourth-order valence-corrected chi connectivity index (χ4v) is 3.36. The van der Waals surface area contributed by atoms with Crippen LogP contribution in [0, 0.1) is 5.92 Å². The van der Waals surface area contributed by atoms with Crippen LogP contribution in [0.1, 0.15) is 18.5 Å². The summed E-state index contributed by atoms with van der Waals surface area (Å²) in [6.07, 6.45) is 5.53. The van der Waals surface area contributed by atoms with Gasteiger partial charge >= 0.3 is 6.03 Å². The summed E-state index contributed by atoms with van der Waals surface area (Å²) >= 11 is 1.67. The fourth-order valence-electron chi connectivity index (χ4n) is 2.96. The average molecular weight is 379 g/mol. The number of hydrogen-bond acceptors (Lipinski definition) is 3. The van der Waals surface area contributed by atoms with Crippen molar-refractivity contribution in [3.05, 3.63) is 66.4 Å². The molecule has 0 saturated heterocycles. The Bertz CT molecular complexity index is 917. The number of nitrogens with zero attached hydrogens (tertiary/aromatic N) is 2. The molecule has 6 heteroatoms. The predicted octanol–water partition coefficient (Wildman–Crippen LogP) is 5.19. The van der Waals surface area contributed by atoms with E-state index in [9.17, 15) is 4.79 Å². The van der Waals surface area contributed by atoms with Gasteiger partial charge in [0.05, 0.1) is 11.4 Å². The van der Waals surface area contributed by atoms with Crippen LogP contribution < -0.4 is 10.6 Å². The quantitative estimate of drug-likeness (QED) is 0.580. The van der Waals surface area contributed by atoms with E-state index in [4.69, 9.17) is 5.10 Å². The van der Waals surface area contributed by atoms with Crippen molar-refractivity contribution in [2.24, 2.45) is 5.92 Å². The highest BCUT2D eigenvalue weighted by atomic mass is 32.2. The van der Waals surface area contributed by atoms with Gasteiger partial charge in [-0.25, -0.2) is 9.48 Å². The number of hydrogen-bond donors (Lipinski definition) is 2. The first kappa shape index (κ1) is 17.7. The molecule has 1 fully saturated rings. The molecule has 0 spiro atoms. The van der Waals surface area contributed by atoms with Gasteiger partial charge in [-0.1, -0.05) is 18.2 Å². The average Bonchev–Trinajstić information content (AvgIpc) is 3.42. The van der Waals surface area contributed by atoms with E-state index in [2.05, 4.69) is 10.6 Å². The van der Waals surface area contributed by atoms with E-state index in [0.717, 1.165) is 34.3 Å². The third kappa shape index (κ3) is 4.52. The van der Waals surface area contributed by atoms with E-state index < -0.39 is 0 Å². The summed E-state index contributed by atoms with van der Waals surface area (Å²) in [7, 11) is 0. The van der Waals surface area contributed by atoms with Crippen molar-refractivity contribution < 1.29 is 4.79 Å². The number of anilines is 2. The molecular weight excluding hydrogens is 356 g/mol. The number of nitrogens with one attached hydrogen (secondary N) is 2. The van der Waals surface area contributed by atoms with Crippen molar-refractivity contribution in [3.8, 4) is 5.69 Å². The molecule has 4 rings (SSSR count). The number of carbonyl (C=O) groups is 1. The van der Waals surface area contributed by atoms with E-state index in [1.165, 1.54) is 12.8 Å². The Morgan fingerprint density at radius 3 is 2.52 bits per heavy atom. The summed E-state index contributed by atoms with van der Waals surface area (Å²) in [6, 6.07) is 19.3. The Balaban J connectivity index is 1.52. The molecule has 0 radical (unpaired) electrons. The zero-order chi connectivity index (χ0) is 18.6. The van der Waals surface area contributed by atoms with Crippen molar-refractivity contribution in [2.45, 2.75) is 24.2 Å². The van der Waals surface area contributed by atoms with Gasteiger partial charge in [0.25, 0.3) is 0 Å². The lowest BCUT2D eigenvalue weighted by atomic mass is 10.2. The molecule has 1 saturated carbocycles. The summed E-state index contributed by atoms with van der Waals surface area (Å²) in [4.78, 5) is 13.7. The van der Waals surface area contributed by atoms with Crippen LogP contribution >= 0.6 is 11.8 Å². The summed E-state index contributed by atoms with van der Waals surface area (Å²) in [6.45, 7) is 0. The standard InChI is InChI=1S/C21H22N4OS/c1-27-19-11-9-16(10-12-19)22-21(26)23-20-14-17(13-15-7-8-15)24-25(20)18-5-3-2-4-6-18/h2-6,9-12,14-15H,7-8,13H2,1H3,(H2,22,23,26). The summed E-state index contributed by atoms with van der Waals surface area (Å²) in [5.41, 5.74) is 2.70. The van der Waals surface area contributed by atoms with E-state index in [-0.39, 0.29) is 6.03 Å². The first-order chi connectivity index (χ1) is 13.2. The van der Waals surface area contributed by atoms with Gasteiger partial charge in [0.2, 0.25) is 0 Å². The molecule has 0 atom stereocenters. The van der Waals surface area contributed by atoms with Crippen LogP contribution in [0.25, 0.3) is 5.69 Å². The van der Waals surface area contributed by atoms with E-state index in [1.807, 2.05) is 66.9 Å². The topological polar surface area (TPSA) is 59.0 Å². The predicted molar refractivity (Wildman–Crippen MR) is 111 cm³/mol. The molecule has 27 heavy (non-hydrogen) atoms. The van der Waals surface area contributed by atoms with E-state index >= 15 is 0 Å². The molecule has 1 heterocycles. The normalized spacial score (nSPS) is 13.4. The van der Waals surface area contributed by atoms with Crippen LogP contribution in [0.5, 0.6) is 0 Å². The number of thioether (sulfide) groups is 1. The molecule has 138 valence electrons. The summed E-state index contributed by atoms with van der Waals surface area (Å²) in [5, 5.41) is 10.5. The van der Waals surface area contributed by atoms with Crippen LogP contribution in [0.3, 0.4) is 0 Å². The van der Waals surface area contributed by atoms with Crippen molar-refractivity contribution in [2.75, 3.05) is 16.9 Å². The fraction of sp³-hybridized carbons (Fsp3) is 0.238. The highest BCUT2D eigenvalue weighted by Crippen LogP contribution is 2.33. The van der Waals surface area contributed by atoms with Gasteiger partial charge in [-0.3, -0.25) is 5.32 Å². The number of urea groups is 1. The second-order valence-electron chi connectivity index (χ2n) is 6.72. The minimum absolute atomic E-state index is 0.276. The maximum absolute atomic E-state index is 12.5. The van der Waals surface area contributed by atoms with Crippen molar-refractivity contribution >= 4 is 29.3 Å². The molecule has 1 aliphatic rings. The van der Waals surface area contributed by atoms with Crippen molar-refractivity contribution in [1.82, 2.24) is 9.78 Å². The largest absolute Gasteiger partial charge is 0.324 e. The monoisotopic (exact) mass is 378 g/mol. The summed E-state index contributed by atoms with van der Waals surface area (Å²) in [5.74, 6) is 1.41. The van der Waals surface area contributed by atoms with Crippen LogP contribution in [0.4, 0.5) is 16.3 Å². The van der Waals surface area contributed by atoms with Gasteiger partial charge < -0.3 is 5.32 Å². The smallest absolute Gasteiger partial charge is 0.308 e. The second kappa shape index (κ2) is 7.88. The Kier molecular flexibility index (Phi) is 5.16. The van der Waals surface area contributed by atoms with Crippen LogP contribution in [0.15, 0.2) is 65.6 Å². The van der Waals surface area contributed by atoms with E-state index in [0.29, 0.717) is 5.82 Å². The zero-order valence-electron chi connectivity index (χ0n) is 15.2. The molecule has 2 N–H and O–H groups in total. The molecule has 2 aromatic carbocycles. The highest BCUT2D eigenvalue weighted by Gasteiger charge is 2.24. The lowest BCUT2D eigenvalue weighted by molar-refractivity contribution is 0.262. The number of rotatable bonds is 6. The molecular formula is C21H22N4OS. The zero-order valence-corrected chi connectivity index (χ0v) is 16.0. The van der Waals surface area contributed by atoms with Crippen LogP contribution in [0.2, 0.25) is 0 Å². The molecule has 0 aliphatic heterocycles. The molecule has 0 unspecified atom stereocenters. The van der Waals surface area contributed by atoms with Crippen molar-refractivity contribution in [1.29, 1.82) is 0 Å². The van der Waals surface area contributed by atoms with Gasteiger partial charge in [-0.2, -0.15) is 5.10 Å². The van der Waals surface area contributed by atoms with Crippen LogP contribution in [-0.2, 0) is 6.42 Å². The minimum Gasteiger partial charge on any atom is -0.308 e. The minimum atomic E-state index is -0.276. The lowest BCUT2D eigenvalue weighted by Crippen LogP contribution is -2.21. The molecule has 1 aliphatic carbocycles. The molecule has 5 nitrogen and oxygen atoms in total. The SMILES string of the molecule is CSc1ccc(NC(=O)Nc2cc(CC3CC3)nn2-c2ccccc2)cc1. The molecule has 3 aromatic rings. The van der Waals surface area contributed by atoms with Gasteiger partial charge in [0, 0.05) is 16.6 Å². The molecule has 2 amide bonds. The van der Waals surface area contributed by atoms with Gasteiger partial charge in [-0.05, 0) is 67.8 Å². The third-order valence-corrected chi connectivity index (χ3v) is 5.29. The highest BCUT2D eigenvalue weighted by molar-refractivity contribution is 7.98. The van der Waals surface area contributed by atoms with Gasteiger partial charge in [0.1, 0.15) is 5.82 Å². The molecule has 1 aromatic heterocycles. The number of carbonyl (C=O) groups excluding carboxylic acids is 1. The maximum Gasteiger partial charge on any atom is 0.324 e. The van der Waals surface area contributed by atoms with E-state index in [1.54, 1.807) is 16.4 Å². The third-order valence-electron chi connectivity index (χ3n) is 4.54. The number of aromatic nitrogens is 2. The maximum atomic E-state index is 12.5. The number of amides is 2. The number of benzene rings is 2. The molecule has 0 bridgehead atoms. The van der Waals surface area contributed by atoms with Gasteiger partial charge in [0.15, 0.2) is 0 Å². The lowest BCUT2D eigenvalue weighted by Gasteiger charge is -2.10.